The highest BCUT2D eigenvalue weighted by Crippen LogP contribution is 2.38. The number of aromatic nitrogens is 4. The van der Waals surface area contributed by atoms with Crippen LogP contribution in [0, 0.1) is 5.92 Å². The Bertz CT molecular complexity index is 1280. The standard InChI is InChI=1S/C26H30N6/c1-16-7-10-19(11-8-16)32-22-6-4-3-5-20(22)21-15-28-26(31-25(21)32)30-23-12-9-18-14-27-13-17(2)24(18)29-23/h3-6,9,12,15-17,19,27H,7-8,10-11,13-14H2,1-2H3,(H,28,29,30,31)/t16-,17-,19-/m0/s1. The summed E-state index contributed by atoms with van der Waals surface area (Å²) >= 11 is 0. The van der Waals surface area contributed by atoms with Crippen molar-refractivity contribution < 1.29 is 0 Å². The van der Waals surface area contributed by atoms with Gasteiger partial charge in [-0.15, -0.1) is 0 Å². The summed E-state index contributed by atoms with van der Waals surface area (Å²) in [5.74, 6) is 2.64. The predicted octanol–water partition coefficient (Wildman–Crippen LogP) is 5.68. The fourth-order valence-corrected chi connectivity index (χ4v) is 5.49. The topological polar surface area (TPSA) is 67.7 Å². The van der Waals surface area contributed by atoms with E-state index in [1.807, 2.05) is 12.3 Å². The molecule has 0 unspecified atom stereocenters. The lowest BCUT2D eigenvalue weighted by Gasteiger charge is -2.28. The summed E-state index contributed by atoms with van der Waals surface area (Å²) in [6.45, 7) is 6.43. The van der Waals surface area contributed by atoms with Crippen LogP contribution >= 0.6 is 0 Å². The summed E-state index contributed by atoms with van der Waals surface area (Å²) in [6, 6.07) is 13.3. The Hall–Kier alpha value is -2.99. The van der Waals surface area contributed by atoms with Crippen molar-refractivity contribution in [1.29, 1.82) is 0 Å². The van der Waals surface area contributed by atoms with E-state index in [2.05, 4.69) is 64.4 Å². The van der Waals surface area contributed by atoms with E-state index in [9.17, 15) is 0 Å². The smallest absolute Gasteiger partial charge is 0.230 e. The van der Waals surface area contributed by atoms with Gasteiger partial charge in [0, 0.05) is 42.0 Å². The summed E-state index contributed by atoms with van der Waals surface area (Å²) in [5.41, 5.74) is 4.73. The molecule has 1 atom stereocenters. The highest BCUT2D eigenvalue weighted by atomic mass is 15.2. The number of nitrogens with zero attached hydrogens (tertiary/aromatic N) is 4. The van der Waals surface area contributed by atoms with E-state index >= 15 is 0 Å². The summed E-state index contributed by atoms with van der Waals surface area (Å²) in [5, 5.41) is 9.19. The van der Waals surface area contributed by atoms with E-state index in [-0.39, 0.29) is 0 Å². The first-order valence-electron chi connectivity index (χ1n) is 11.9. The second-order valence-electron chi connectivity index (χ2n) is 9.63. The lowest BCUT2D eigenvalue weighted by atomic mass is 9.87. The molecule has 4 heterocycles. The molecule has 2 N–H and O–H groups in total. The fraction of sp³-hybridized carbons (Fsp3) is 0.423. The molecule has 6 rings (SSSR count). The minimum absolute atomic E-state index is 0.403. The fourth-order valence-electron chi connectivity index (χ4n) is 5.49. The van der Waals surface area contributed by atoms with Crippen LogP contribution in [0.1, 0.15) is 62.7 Å². The normalized spacial score (nSPS) is 23.4. The molecule has 1 aliphatic heterocycles. The average molecular weight is 427 g/mol. The molecule has 4 aromatic rings. The molecule has 0 spiro atoms. The Balaban J connectivity index is 1.41. The van der Waals surface area contributed by atoms with Crippen molar-refractivity contribution in [2.24, 2.45) is 5.92 Å². The molecule has 1 aromatic carbocycles. The zero-order valence-electron chi connectivity index (χ0n) is 18.8. The maximum atomic E-state index is 5.02. The molecule has 32 heavy (non-hydrogen) atoms. The number of para-hydroxylation sites is 1. The first-order valence-corrected chi connectivity index (χ1v) is 11.9. The highest BCUT2D eigenvalue weighted by molar-refractivity contribution is 6.06. The van der Waals surface area contributed by atoms with Crippen molar-refractivity contribution in [2.45, 2.75) is 58.0 Å². The number of hydrogen-bond donors (Lipinski definition) is 2. The Morgan fingerprint density at radius 2 is 1.81 bits per heavy atom. The van der Waals surface area contributed by atoms with Crippen LogP contribution in [-0.4, -0.2) is 26.1 Å². The van der Waals surface area contributed by atoms with E-state index in [0.29, 0.717) is 17.9 Å². The van der Waals surface area contributed by atoms with Gasteiger partial charge in [-0.3, -0.25) is 0 Å². The van der Waals surface area contributed by atoms with Crippen LogP contribution < -0.4 is 10.6 Å². The monoisotopic (exact) mass is 426 g/mol. The molecular formula is C26H30N6. The largest absolute Gasteiger partial charge is 0.322 e. The number of nitrogens with one attached hydrogen (secondary N) is 2. The number of rotatable bonds is 3. The van der Waals surface area contributed by atoms with E-state index in [0.717, 1.165) is 35.9 Å². The Labute approximate surface area is 188 Å². The molecular weight excluding hydrogens is 396 g/mol. The van der Waals surface area contributed by atoms with Crippen LogP contribution in [0.3, 0.4) is 0 Å². The quantitative estimate of drug-likeness (QED) is 0.441. The number of anilines is 2. The molecule has 0 radical (unpaired) electrons. The molecule has 1 fully saturated rings. The predicted molar refractivity (Wildman–Crippen MR) is 129 cm³/mol. The third-order valence-corrected chi connectivity index (χ3v) is 7.29. The van der Waals surface area contributed by atoms with Gasteiger partial charge in [0.1, 0.15) is 11.5 Å². The minimum atomic E-state index is 0.403. The number of benzene rings is 1. The summed E-state index contributed by atoms with van der Waals surface area (Å²) in [7, 11) is 0. The van der Waals surface area contributed by atoms with Crippen LogP contribution in [0.15, 0.2) is 42.6 Å². The second-order valence-corrected chi connectivity index (χ2v) is 9.63. The lowest BCUT2D eigenvalue weighted by Crippen LogP contribution is -2.27. The van der Waals surface area contributed by atoms with Gasteiger partial charge in [0.15, 0.2) is 0 Å². The molecule has 1 saturated carbocycles. The van der Waals surface area contributed by atoms with E-state index < -0.39 is 0 Å². The van der Waals surface area contributed by atoms with E-state index in [1.54, 1.807) is 0 Å². The molecule has 3 aromatic heterocycles. The number of pyridine rings is 1. The van der Waals surface area contributed by atoms with Crippen LogP contribution in [0.4, 0.5) is 11.8 Å². The van der Waals surface area contributed by atoms with Crippen molar-refractivity contribution in [2.75, 3.05) is 11.9 Å². The van der Waals surface area contributed by atoms with E-state index in [1.165, 1.54) is 47.8 Å². The molecule has 0 saturated heterocycles. The Morgan fingerprint density at radius 3 is 2.69 bits per heavy atom. The molecule has 6 nitrogen and oxygen atoms in total. The van der Waals surface area contributed by atoms with Crippen molar-refractivity contribution in [3.63, 3.8) is 0 Å². The maximum Gasteiger partial charge on any atom is 0.230 e. The van der Waals surface area contributed by atoms with Crippen molar-refractivity contribution >= 4 is 33.7 Å². The number of hydrogen-bond acceptors (Lipinski definition) is 5. The maximum absolute atomic E-state index is 5.02. The number of fused-ring (bicyclic) bond motifs is 4. The average Bonchev–Trinajstić information content (AvgIpc) is 3.14. The third-order valence-electron chi connectivity index (χ3n) is 7.29. The molecule has 164 valence electrons. The Kier molecular flexibility index (Phi) is 4.83. The third kappa shape index (κ3) is 3.34. The molecule has 0 amide bonds. The van der Waals surface area contributed by atoms with Crippen molar-refractivity contribution in [3.05, 3.63) is 53.9 Å². The van der Waals surface area contributed by atoms with Gasteiger partial charge in [-0.1, -0.05) is 38.1 Å². The first-order chi connectivity index (χ1) is 15.7. The second kappa shape index (κ2) is 7.85. The molecule has 1 aliphatic carbocycles. The molecule has 2 aliphatic rings. The van der Waals surface area contributed by atoms with Crippen molar-refractivity contribution in [1.82, 2.24) is 24.8 Å². The van der Waals surface area contributed by atoms with Crippen LogP contribution in [0.2, 0.25) is 0 Å². The van der Waals surface area contributed by atoms with Gasteiger partial charge in [0.2, 0.25) is 5.95 Å². The highest BCUT2D eigenvalue weighted by Gasteiger charge is 2.24. The van der Waals surface area contributed by atoms with Gasteiger partial charge in [-0.2, -0.15) is 4.98 Å². The minimum Gasteiger partial charge on any atom is -0.322 e. The van der Waals surface area contributed by atoms with Gasteiger partial charge >= 0.3 is 0 Å². The van der Waals surface area contributed by atoms with E-state index in [4.69, 9.17) is 9.97 Å². The molecule has 6 heteroatoms. The summed E-state index contributed by atoms with van der Waals surface area (Å²) in [4.78, 5) is 14.6. The van der Waals surface area contributed by atoms with Crippen LogP contribution in [0.5, 0.6) is 0 Å². The first kappa shape index (κ1) is 19.7. The van der Waals surface area contributed by atoms with Gasteiger partial charge in [-0.05, 0) is 49.3 Å². The van der Waals surface area contributed by atoms with Gasteiger partial charge in [0.25, 0.3) is 0 Å². The summed E-state index contributed by atoms with van der Waals surface area (Å²) < 4.78 is 2.47. The van der Waals surface area contributed by atoms with Gasteiger partial charge in [0.05, 0.1) is 11.2 Å². The SMILES string of the molecule is C[C@H]1CNCc2ccc(Nc3ncc4c5ccccc5n([C@H]5CC[C@H](C)CC5)c4n3)nc21. The Morgan fingerprint density at radius 1 is 0.969 bits per heavy atom. The molecule has 0 bridgehead atoms. The van der Waals surface area contributed by atoms with Gasteiger partial charge in [-0.25, -0.2) is 9.97 Å². The zero-order valence-corrected chi connectivity index (χ0v) is 18.8. The van der Waals surface area contributed by atoms with Crippen molar-refractivity contribution in [3.8, 4) is 0 Å². The zero-order chi connectivity index (χ0) is 21.7. The summed E-state index contributed by atoms with van der Waals surface area (Å²) in [6.07, 6.45) is 6.95. The van der Waals surface area contributed by atoms with Crippen LogP contribution in [0.25, 0.3) is 21.9 Å². The van der Waals surface area contributed by atoms with Crippen LogP contribution in [-0.2, 0) is 6.54 Å². The lowest BCUT2D eigenvalue weighted by molar-refractivity contribution is 0.298. The van der Waals surface area contributed by atoms with Gasteiger partial charge < -0.3 is 15.2 Å².